The molecule has 1 aromatic rings. The van der Waals surface area contributed by atoms with Crippen molar-refractivity contribution >= 4 is 29.9 Å². The average molecular weight is 427 g/mol. The van der Waals surface area contributed by atoms with Crippen molar-refractivity contribution in [2.24, 2.45) is 4.99 Å². The molecule has 1 rings (SSSR count). The van der Waals surface area contributed by atoms with E-state index in [-0.39, 0.29) is 29.7 Å². The summed E-state index contributed by atoms with van der Waals surface area (Å²) in [5.74, 6) is 0.947. The minimum Gasteiger partial charge on any atom is -0.435 e. The summed E-state index contributed by atoms with van der Waals surface area (Å²) in [6, 6.07) is 6.65. The summed E-state index contributed by atoms with van der Waals surface area (Å²) in [6.45, 7) is 0.758. The number of rotatable bonds is 7. The van der Waals surface area contributed by atoms with Crippen LogP contribution in [-0.4, -0.2) is 38.1 Å². The molecule has 0 aromatic heterocycles. The van der Waals surface area contributed by atoms with Gasteiger partial charge in [0.15, 0.2) is 5.96 Å². The van der Waals surface area contributed by atoms with E-state index < -0.39 is 6.61 Å². The van der Waals surface area contributed by atoms with Gasteiger partial charge >= 0.3 is 6.61 Å². The molecule has 7 heteroatoms. The summed E-state index contributed by atoms with van der Waals surface area (Å²) >= 11 is 0. The Morgan fingerprint density at radius 1 is 1.41 bits per heavy atom. The molecule has 4 nitrogen and oxygen atoms in total. The highest BCUT2D eigenvalue weighted by atomic mass is 127. The molecule has 126 valence electrons. The Labute approximate surface area is 148 Å². The smallest absolute Gasteiger partial charge is 0.387 e. The number of ether oxygens (including phenoxy) is 1. The van der Waals surface area contributed by atoms with E-state index in [2.05, 4.69) is 22.0 Å². The van der Waals surface area contributed by atoms with Crippen LogP contribution < -0.4 is 10.1 Å². The number of alkyl halides is 2. The molecule has 1 N–H and O–H groups in total. The van der Waals surface area contributed by atoms with Crippen LogP contribution in [-0.2, 0) is 6.54 Å². The number of benzene rings is 1. The van der Waals surface area contributed by atoms with Gasteiger partial charge in [0.05, 0.1) is 0 Å². The Morgan fingerprint density at radius 2 is 2.14 bits per heavy atom. The summed E-state index contributed by atoms with van der Waals surface area (Å²) in [6.07, 6.45) is 2.21. The van der Waals surface area contributed by atoms with Gasteiger partial charge in [-0.05, 0) is 24.1 Å². The molecule has 0 atom stereocenters. The predicted molar refractivity (Wildman–Crippen MR) is 96.2 cm³/mol. The summed E-state index contributed by atoms with van der Waals surface area (Å²) in [5, 5.41) is 3.21. The van der Waals surface area contributed by atoms with Gasteiger partial charge in [-0.3, -0.25) is 4.99 Å². The molecule has 22 heavy (non-hydrogen) atoms. The molecule has 0 fully saturated rings. The first-order valence-corrected chi connectivity index (χ1v) is 7.02. The Balaban J connectivity index is 0.00000441. The van der Waals surface area contributed by atoms with Gasteiger partial charge in [-0.25, -0.2) is 0 Å². The van der Waals surface area contributed by atoms with E-state index in [0.29, 0.717) is 6.54 Å². The largest absolute Gasteiger partial charge is 0.435 e. The van der Waals surface area contributed by atoms with Gasteiger partial charge in [-0.15, -0.1) is 24.0 Å². The highest BCUT2D eigenvalue weighted by molar-refractivity contribution is 14.0. The second-order valence-corrected chi connectivity index (χ2v) is 4.70. The minimum atomic E-state index is -2.80. The Morgan fingerprint density at radius 3 is 2.73 bits per heavy atom. The molecule has 0 radical (unpaired) electrons. The first kappa shape index (κ1) is 20.9. The molecule has 0 saturated carbocycles. The Hall–Kier alpha value is -1.12. The zero-order valence-corrected chi connectivity index (χ0v) is 15.5. The van der Waals surface area contributed by atoms with Crippen molar-refractivity contribution in [2.45, 2.75) is 32.9 Å². The van der Waals surface area contributed by atoms with Crippen molar-refractivity contribution in [3.63, 3.8) is 0 Å². The lowest BCUT2D eigenvalue weighted by Crippen LogP contribution is -2.38. The Kier molecular flexibility index (Phi) is 10.9. The molecular formula is C15H24F2IN3O. The predicted octanol–water partition coefficient (Wildman–Crippen LogP) is 3.71. The molecule has 0 unspecified atom stereocenters. The highest BCUT2D eigenvalue weighted by Gasteiger charge is 2.07. The summed E-state index contributed by atoms with van der Waals surface area (Å²) in [7, 11) is 3.70. The first-order valence-electron chi connectivity index (χ1n) is 7.02. The number of halogens is 3. The quantitative estimate of drug-likeness (QED) is 0.410. The number of aliphatic imine (C=N–C) groups is 1. The van der Waals surface area contributed by atoms with Gasteiger partial charge in [-0.2, -0.15) is 8.78 Å². The maximum Gasteiger partial charge on any atom is 0.387 e. The number of guanidine groups is 1. The van der Waals surface area contributed by atoms with E-state index in [1.54, 1.807) is 19.2 Å². The summed E-state index contributed by atoms with van der Waals surface area (Å²) in [5.41, 5.74) is 0.859. The lowest BCUT2D eigenvalue weighted by atomic mass is 10.2. The highest BCUT2D eigenvalue weighted by Crippen LogP contribution is 2.15. The topological polar surface area (TPSA) is 36.9 Å². The van der Waals surface area contributed by atoms with Crippen LogP contribution in [0.1, 0.15) is 25.3 Å². The number of nitrogens with one attached hydrogen (secondary N) is 1. The third-order valence-corrected chi connectivity index (χ3v) is 2.99. The van der Waals surface area contributed by atoms with Gasteiger partial charge < -0.3 is 15.0 Å². The summed E-state index contributed by atoms with van der Waals surface area (Å²) in [4.78, 5) is 6.25. The molecule has 0 heterocycles. The fraction of sp³-hybridized carbons (Fsp3) is 0.533. The van der Waals surface area contributed by atoms with Crippen LogP contribution in [0.4, 0.5) is 8.78 Å². The molecular weight excluding hydrogens is 403 g/mol. The van der Waals surface area contributed by atoms with Crippen LogP contribution in [0.25, 0.3) is 0 Å². The zero-order chi connectivity index (χ0) is 15.7. The second kappa shape index (κ2) is 11.4. The van der Waals surface area contributed by atoms with Crippen molar-refractivity contribution in [1.82, 2.24) is 10.2 Å². The van der Waals surface area contributed by atoms with Crippen molar-refractivity contribution in [2.75, 3.05) is 20.6 Å². The van der Waals surface area contributed by atoms with Crippen LogP contribution in [0.2, 0.25) is 0 Å². The van der Waals surface area contributed by atoms with Crippen molar-refractivity contribution in [3.8, 4) is 5.75 Å². The molecule has 0 spiro atoms. The van der Waals surface area contributed by atoms with E-state index in [1.165, 1.54) is 6.07 Å². The number of hydrogen-bond donors (Lipinski definition) is 1. The lowest BCUT2D eigenvalue weighted by Gasteiger charge is -2.22. The SMILES string of the molecule is CCCCN(C)C(=NC)NCc1cccc(OC(F)F)c1.I. The molecule has 0 aliphatic rings. The van der Waals surface area contributed by atoms with E-state index in [1.807, 2.05) is 18.0 Å². The van der Waals surface area contributed by atoms with Gasteiger partial charge in [0.2, 0.25) is 0 Å². The normalized spacial score (nSPS) is 11.1. The first-order chi connectivity index (χ1) is 10.1. The van der Waals surface area contributed by atoms with E-state index >= 15 is 0 Å². The van der Waals surface area contributed by atoms with E-state index in [9.17, 15) is 8.78 Å². The van der Waals surface area contributed by atoms with E-state index in [4.69, 9.17) is 0 Å². The number of unbranched alkanes of at least 4 members (excludes halogenated alkanes) is 1. The molecule has 1 aromatic carbocycles. The van der Waals surface area contributed by atoms with Crippen molar-refractivity contribution < 1.29 is 13.5 Å². The van der Waals surface area contributed by atoms with Crippen LogP contribution in [0, 0.1) is 0 Å². The minimum absolute atomic E-state index is 0. The maximum absolute atomic E-state index is 12.2. The van der Waals surface area contributed by atoms with Crippen LogP contribution in [0.5, 0.6) is 5.75 Å². The molecule has 0 amide bonds. The zero-order valence-electron chi connectivity index (χ0n) is 13.2. The lowest BCUT2D eigenvalue weighted by molar-refractivity contribution is -0.0498. The maximum atomic E-state index is 12.2. The standard InChI is InChI=1S/C15H23F2N3O.HI/c1-4-5-9-20(3)15(18-2)19-11-12-7-6-8-13(10-12)21-14(16)17;/h6-8,10,14H,4-5,9,11H2,1-3H3,(H,18,19);1H. The number of nitrogens with zero attached hydrogens (tertiary/aromatic N) is 2. The monoisotopic (exact) mass is 427 g/mol. The second-order valence-electron chi connectivity index (χ2n) is 4.70. The Bertz CT molecular complexity index is 458. The fourth-order valence-electron chi connectivity index (χ4n) is 1.90. The average Bonchev–Trinajstić information content (AvgIpc) is 2.45. The molecule has 0 bridgehead atoms. The third-order valence-electron chi connectivity index (χ3n) is 2.99. The van der Waals surface area contributed by atoms with Gasteiger partial charge in [0, 0.05) is 27.2 Å². The van der Waals surface area contributed by atoms with E-state index in [0.717, 1.165) is 30.9 Å². The van der Waals surface area contributed by atoms with Gasteiger partial charge in [0.1, 0.15) is 5.75 Å². The molecule has 0 aliphatic carbocycles. The third kappa shape index (κ3) is 7.77. The summed E-state index contributed by atoms with van der Waals surface area (Å²) < 4.78 is 28.7. The van der Waals surface area contributed by atoms with Crippen LogP contribution >= 0.6 is 24.0 Å². The van der Waals surface area contributed by atoms with Crippen LogP contribution in [0.15, 0.2) is 29.3 Å². The van der Waals surface area contributed by atoms with Gasteiger partial charge in [-0.1, -0.05) is 25.5 Å². The molecule has 0 saturated heterocycles. The van der Waals surface area contributed by atoms with Crippen molar-refractivity contribution in [3.05, 3.63) is 29.8 Å². The fourth-order valence-corrected chi connectivity index (χ4v) is 1.90. The van der Waals surface area contributed by atoms with Crippen molar-refractivity contribution in [1.29, 1.82) is 0 Å². The number of hydrogen-bond acceptors (Lipinski definition) is 2. The van der Waals surface area contributed by atoms with Crippen LogP contribution in [0.3, 0.4) is 0 Å². The van der Waals surface area contributed by atoms with Gasteiger partial charge in [0.25, 0.3) is 0 Å². The molecule has 0 aliphatic heterocycles.